The molecule has 0 aliphatic heterocycles. The molecule has 0 atom stereocenters. The fourth-order valence-electron chi connectivity index (χ4n) is 2.62. The van der Waals surface area contributed by atoms with Gasteiger partial charge >= 0.3 is 0 Å². The summed E-state index contributed by atoms with van der Waals surface area (Å²) in [6.45, 7) is -0.154. The van der Waals surface area contributed by atoms with Gasteiger partial charge in [-0.15, -0.1) is 0 Å². The van der Waals surface area contributed by atoms with Crippen molar-refractivity contribution < 1.29 is 22.3 Å². The predicted molar refractivity (Wildman–Crippen MR) is 98.2 cm³/mol. The van der Waals surface area contributed by atoms with E-state index >= 15 is 0 Å². The number of aromatic nitrogens is 2. The van der Waals surface area contributed by atoms with Gasteiger partial charge in [0.25, 0.3) is 5.56 Å². The standard InChI is InChI=1S/C19H14ClF4N3O2/c1-25-7-10-4-14(23)17(15(24)5-10)27-9-26-18(16(20)19(27)28)29-8-11-2-3-12(21)6-13(11)22/h2-6,9,25H,7-8H2,1H3. The van der Waals surface area contributed by atoms with Crippen molar-refractivity contribution in [3.63, 3.8) is 0 Å². The van der Waals surface area contributed by atoms with Gasteiger partial charge in [0.05, 0.1) is 0 Å². The minimum atomic E-state index is -0.976. The highest BCUT2D eigenvalue weighted by Crippen LogP contribution is 2.23. The molecule has 0 bridgehead atoms. The van der Waals surface area contributed by atoms with E-state index in [-0.39, 0.29) is 24.6 Å². The summed E-state index contributed by atoms with van der Waals surface area (Å²) in [5, 5.41) is 2.21. The van der Waals surface area contributed by atoms with Crippen LogP contribution in [0.15, 0.2) is 41.5 Å². The van der Waals surface area contributed by atoms with Crippen LogP contribution in [0.25, 0.3) is 5.69 Å². The molecule has 2 aromatic carbocycles. The van der Waals surface area contributed by atoms with Gasteiger partial charge in [-0.1, -0.05) is 11.6 Å². The number of nitrogens with zero attached hydrogens (tertiary/aromatic N) is 2. The highest BCUT2D eigenvalue weighted by atomic mass is 35.5. The van der Waals surface area contributed by atoms with Crippen molar-refractivity contribution in [2.24, 2.45) is 0 Å². The lowest BCUT2D eigenvalue weighted by atomic mass is 10.2. The van der Waals surface area contributed by atoms with Crippen LogP contribution in [-0.4, -0.2) is 16.6 Å². The first-order chi connectivity index (χ1) is 13.8. The van der Waals surface area contributed by atoms with Crippen LogP contribution in [0.2, 0.25) is 5.02 Å². The van der Waals surface area contributed by atoms with Crippen molar-refractivity contribution in [1.29, 1.82) is 0 Å². The largest absolute Gasteiger partial charge is 0.471 e. The van der Waals surface area contributed by atoms with Crippen LogP contribution in [0.3, 0.4) is 0 Å². The third-order valence-corrected chi connectivity index (χ3v) is 4.29. The monoisotopic (exact) mass is 427 g/mol. The first-order valence-corrected chi connectivity index (χ1v) is 8.66. The molecule has 3 aromatic rings. The zero-order valence-corrected chi connectivity index (χ0v) is 15.7. The molecular formula is C19H14ClF4N3O2. The van der Waals surface area contributed by atoms with Crippen LogP contribution in [0.5, 0.6) is 5.88 Å². The van der Waals surface area contributed by atoms with Crippen LogP contribution in [-0.2, 0) is 13.2 Å². The average molecular weight is 428 g/mol. The lowest BCUT2D eigenvalue weighted by Crippen LogP contribution is -2.22. The summed E-state index contributed by atoms with van der Waals surface area (Å²) in [6.07, 6.45) is 0.851. The number of hydrogen-bond acceptors (Lipinski definition) is 4. The van der Waals surface area contributed by atoms with Gasteiger partial charge in [0.15, 0.2) is 16.7 Å². The Morgan fingerprint density at radius 2 is 1.79 bits per heavy atom. The Bertz CT molecular complexity index is 1100. The van der Waals surface area contributed by atoms with Crippen molar-refractivity contribution in [2.45, 2.75) is 13.2 Å². The van der Waals surface area contributed by atoms with E-state index in [0.29, 0.717) is 16.2 Å². The molecule has 0 unspecified atom stereocenters. The number of rotatable bonds is 6. The van der Waals surface area contributed by atoms with Gasteiger partial charge in [-0.3, -0.25) is 9.36 Å². The molecule has 3 rings (SSSR count). The molecule has 10 heteroatoms. The molecule has 0 aliphatic rings. The van der Waals surface area contributed by atoms with Gasteiger partial charge in [-0.2, -0.15) is 0 Å². The second-order valence-electron chi connectivity index (χ2n) is 6.00. The maximum atomic E-state index is 14.4. The highest BCUT2D eigenvalue weighted by Gasteiger charge is 2.19. The molecule has 0 spiro atoms. The molecule has 1 aromatic heterocycles. The highest BCUT2D eigenvalue weighted by molar-refractivity contribution is 6.31. The van der Waals surface area contributed by atoms with E-state index in [1.54, 1.807) is 7.05 Å². The van der Waals surface area contributed by atoms with E-state index in [2.05, 4.69) is 10.3 Å². The Balaban J connectivity index is 1.91. The topological polar surface area (TPSA) is 56.1 Å². The van der Waals surface area contributed by atoms with Gasteiger partial charge in [0.1, 0.15) is 30.3 Å². The van der Waals surface area contributed by atoms with Gasteiger partial charge < -0.3 is 10.1 Å². The summed E-state index contributed by atoms with van der Waals surface area (Å²) in [5.74, 6) is -3.91. The molecule has 0 radical (unpaired) electrons. The Morgan fingerprint density at radius 3 is 2.41 bits per heavy atom. The van der Waals surface area contributed by atoms with Gasteiger partial charge in [-0.05, 0) is 36.9 Å². The first kappa shape index (κ1) is 20.8. The van der Waals surface area contributed by atoms with E-state index in [9.17, 15) is 22.4 Å². The third kappa shape index (κ3) is 4.41. The van der Waals surface area contributed by atoms with Crippen LogP contribution < -0.4 is 15.6 Å². The smallest absolute Gasteiger partial charge is 0.280 e. The summed E-state index contributed by atoms with van der Waals surface area (Å²) in [4.78, 5) is 16.3. The van der Waals surface area contributed by atoms with Crippen LogP contribution in [0.4, 0.5) is 17.6 Å². The Morgan fingerprint density at radius 1 is 1.10 bits per heavy atom. The summed E-state index contributed by atoms with van der Waals surface area (Å²) in [5.41, 5.74) is -1.26. The van der Waals surface area contributed by atoms with Crippen molar-refractivity contribution in [2.75, 3.05) is 7.05 Å². The fraction of sp³-hybridized carbons (Fsp3) is 0.158. The van der Waals surface area contributed by atoms with E-state index < -0.39 is 39.5 Å². The van der Waals surface area contributed by atoms with E-state index in [4.69, 9.17) is 16.3 Å². The number of benzene rings is 2. The van der Waals surface area contributed by atoms with Crippen molar-refractivity contribution in [3.05, 3.63) is 86.4 Å². The van der Waals surface area contributed by atoms with Crippen molar-refractivity contribution >= 4 is 11.6 Å². The zero-order valence-electron chi connectivity index (χ0n) is 15.0. The molecule has 5 nitrogen and oxygen atoms in total. The molecular weight excluding hydrogens is 414 g/mol. The summed E-state index contributed by atoms with van der Waals surface area (Å²) in [6, 6.07) is 5.04. The number of hydrogen-bond donors (Lipinski definition) is 1. The Hall–Kier alpha value is -2.91. The molecule has 29 heavy (non-hydrogen) atoms. The molecule has 0 saturated carbocycles. The maximum Gasteiger partial charge on any atom is 0.280 e. The van der Waals surface area contributed by atoms with Gasteiger partial charge in [-0.25, -0.2) is 22.5 Å². The minimum Gasteiger partial charge on any atom is -0.471 e. The number of halogens is 5. The number of nitrogens with one attached hydrogen (secondary N) is 1. The van der Waals surface area contributed by atoms with E-state index in [0.717, 1.165) is 30.6 Å². The van der Waals surface area contributed by atoms with Crippen LogP contribution in [0, 0.1) is 23.3 Å². The Kier molecular flexibility index (Phi) is 6.19. The fourth-order valence-corrected chi connectivity index (χ4v) is 2.81. The van der Waals surface area contributed by atoms with Crippen molar-refractivity contribution in [1.82, 2.24) is 14.9 Å². The molecule has 0 saturated heterocycles. The van der Waals surface area contributed by atoms with Gasteiger partial charge in [0.2, 0.25) is 5.88 Å². The first-order valence-electron chi connectivity index (χ1n) is 8.28. The second-order valence-corrected chi connectivity index (χ2v) is 6.38. The van der Waals surface area contributed by atoms with Crippen molar-refractivity contribution in [3.8, 4) is 11.6 Å². The molecule has 0 fully saturated rings. The quantitative estimate of drug-likeness (QED) is 0.609. The second kappa shape index (κ2) is 8.62. The van der Waals surface area contributed by atoms with Crippen LogP contribution >= 0.6 is 11.6 Å². The lowest BCUT2D eigenvalue weighted by Gasteiger charge is -2.12. The molecule has 0 amide bonds. The SMILES string of the molecule is CNCc1cc(F)c(-n2cnc(OCc3ccc(F)cc3F)c(Cl)c2=O)c(F)c1. The molecule has 1 heterocycles. The lowest BCUT2D eigenvalue weighted by molar-refractivity contribution is 0.286. The predicted octanol–water partition coefficient (Wildman–Crippen LogP) is 3.74. The average Bonchev–Trinajstić information content (AvgIpc) is 2.65. The van der Waals surface area contributed by atoms with Gasteiger partial charge in [0, 0.05) is 18.2 Å². The molecule has 0 aliphatic carbocycles. The number of ether oxygens (including phenoxy) is 1. The zero-order chi connectivity index (χ0) is 21.1. The van der Waals surface area contributed by atoms with E-state index in [1.807, 2.05) is 0 Å². The van der Waals surface area contributed by atoms with E-state index in [1.165, 1.54) is 0 Å². The Labute approximate surface area is 167 Å². The molecule has 152 valence electrons. The molecule has 1 N–H and O–H groups in total. The normalized spacial score (nSPS) is 11.0. The summed E-state index contributed by atoms with van der Waals surface area (Å²) < 4.78 is 61.2. The third-order valence-electron chi connectivity index (χ3n) is 3.96. The van der Waals surface area contributed by atoms with Crippen LogP contribution in [0.1, 0.15) is 11.1 Å². The summed E-state index contributed by atoms with van der Waals surface area (Å²) >= 11 is 5.94. The summed E-state index contributed by atoms with van der Waals surface area (Å²) in [7, 11) is 1.62. The minimum absolute atomic E-state index is 0.00524. The maximum absolute atomic E-state index is 14.4.